The Bertz CT molecular complexity index is 375. The SMILES string of the molecule is Cc1cc(Br)cnc1N(C)CCN1CCCC1. The molecule has 1 aromatic heterocycles. The van der Waals surface area contributed by atoms with Gasteiger partial charge in [0.05, 0.1) is 0 Å². The number of nitrogens with zero attached hydrogens (tertiary/aromatic N) is 3. The highest BCUT2D eigenvalue weighted by atomic mass is 79.9. The van der Waals surface area contributed by atoms with Gasteiger partial charge >= 0.3 is 0 Å². The second kappa shape index (κ2) is 5.83. The standard InChI is InChI=1S/C13H20BrN3/c1-11-9-12(14)10-15-13(11)16(2)7-8-17-5-3-4-6-17/h9-10H,3-8H2,1-2H3. The van der Waals surface area contributed by atoms with Gasteiger partial charge in [-0.05, 0) is 60.4 Å². The van der Waals surface area contributed by atoms with Crippen molar-refractivity contribution in [3.8, 4) is 0 Å². The van der Waals surface area contributed by atoms with Crippen molar-refractivity contribution in [2.75, 3.05) is 38.1 Å². The zero-order valence-electron chi connectivity index (χ0n) is 10.6. The van der Waals surface area contributed by atoms with Crippen LogP contribution in [0.25, 0.3) is 0 Å². The van der Waals surface area contributed by atoms with E-state index in [4.69, 9.17) is 0 Å². The van der Waals surface area contributed by atoms with Crippen LogP contribution in [0.3, 0.4) is 0 Å². The highest BCUT2D eigenvalue weighted by Crippen LogP contribution is 2.19. The minimum absolute atomic E-state index is 1.05. The lowest BCUT2D eigenvalue weighted by Crippen LogP contribution is -2.32. The number of rotatable bonds is 4. The zero-order valence-corrected chi connectivity index (χ0v) is 12.2. The summed E-state index contributed by atoms with van der Waals surface area (Å²) in [6, 6.07) is 2.12. The summed E-state index contributed by atoms with van der Waals surface area (Å²) in [5.74, 6) is 1.09. The Morgan fingerprint density at radius 3 is 2.76 bits per heavy atom. The van der Waals surface area contributed by atoms with Gasteiger partial charge < -0.3 is 9.80 Å². The minimum Gasteiger partial charge on any atom is -0.358 e. The smallest absolute Gasteiger partial charge is 0.131 e. The van der Waals surface area contributed by atoms with Crippen LogP contribution in [0.4, 0.5) is 5.82 Å². The monoisotopic (exact) mass is 297 g/mol. The van der Waals surface area contributed by atoms with E-state index in [0.717, 1.165) is 23.4 Å². The molecule has 2 heterocycles. The Labute approximate surface area is 112 Å². The van der Waals surface area contributed by atoms with Gasteiger partial charge in [0.1, 0.15) is 5.82 Å². The molecule has 1 aliphatic heterocycles. The number of aryl methyl sites for hydroxylation is 1. The van der Waals surface area contributed by atoms with E-state index in [2.05, 4.69) is 50.8 Å². The van der Waals surface area contributed by atoms with Gasteiger partial charge in [0.25, 0.3) is 0 Å². The summed E-state index contributed by atoms with van der Waals surface area (Å²) in [7, 11) is 2.12. The highest BCUT2D eigenvalue weighted by Gasteiger charge is 2.13. The molecule has 0 unspecified atom stereocenters. The summed E-state index contributed by atoms with van der Waals surface area (Å²) in [5, 5.41) is 0. The quantitative estimate of drug-likeness (QED) is 0.852. The number of aromatic nitrogens is 1. The van der Waals surface area contributed by atoms with Crippen LogP contribution in [0.5, 0.6) is 0 Å². The van der Waals surface area contributed by atoms with E-state index in [1.165, 1.54) is 31.5 Å². The first kappa shape index (κ1) is 12.8. The van der Waals surface area contributed by atoms with E-state index < -0.39 is 0 Å². The molecule has 2 rings (SSSR count). The molecule has 0 spiro atoms. The summed E-state index contributed by atoms with van der Waals surface area (Å²) < 4.78 is 1.05. The number of anilines is 1. The Hall–Kier alpha value is -0.610. The summed E-state index contributed by atoms with van der Waals surface area (Å²) in [5.41, 5.74) is 1.23. The molecule has 0 bridgehead atoms. The van der Waals surface area contributed by atoms with Crippen molar-refractivity contribution in [3.05, 3.63) is 22.3 Å². The number of halogens is 1. The third-order valence-corrected chi connectivity index (χ3v) is 3.76. The van der Waals surface area contributed by atoms with Gasteiger partial charge in [0, 0.05) is 30.8 Å². The van der Waals surface area contributed by atoms with Crippen molar-refractivity contribution >= 4 is 21.7 Å². The first-order valence-corrected chi connectivity index (χ1v) is 7.02. The summed E-state index contributed by atoms with van der Waals surface area (Å²) in [4.78, 5) is 9.27. The fourth-order valence-corrected chi connectivity index (χ4v) is 2.78. The van der Waals surface area contributed by atoms with Crippen LogP contribution in [-0.2, 0) is 0 Å². The lowest BCUT2D eigenvalue weighted by molar-refractivity contribution is 0.346. The van der Waals surface area contributed by atoms with Crippen LogP contribution in [-0.4, -0.2) is 43.1 Å². The molecular weight excluding hydrogens is 278 g/mol. The van der Waals surface area contributed by atoms with Crippen LogP contribution in [0, 0.1) is 6.92 Å². The molecule has 3 nitrogen and oxygen atoms in total. The third-order valence-electron chi connectivity index (χ3n) is 3.33. The van der Waals surface area contributed by atoms with E-state index in [-0.39, 0.29) is 0 Å². The molecule has 1 aliphatic rings. The molecule has 0 saturated carbocycles. The number of hydrogen-bond donors (Lipinski definition) is 0. The lowest BCUT2D eigenvalue weighted by atomic mass is 10.3. The Morgan fingerprint density at radius 1 is 1.41 bits per heavy atom. The average Bonchev–Trinajstić information content (AvgIpc) is 2.78. The van der Waals surface area contributed by atoms with E-state index in [1.54, 1.807) is 0 Å². The molecule has 1 aromatic rings. The molecule has 1 saturated heterocycles. The predicted octanol–water partition coefficient (Wildman–Crippen LogP) is 2.68. The number of hydrogen-bond acceptors (Lipinski definition) is 3. The van der Waals surface area contributed by atoms with Gasteiger partial charge in [-0.1, -0.05) is 0 Å². The van der Waals surface area contributed by atoms with Crippen LogP contribution < -0.4 is 4.90 Å². The molecule has 0 amide bonds. The molecule has 0 aromatic carbocycles. The fraction of sp³-hybridized carbons (Fsp3) is 0.615. The summed E-state index contributed by atoms with van der Waals surface area (Å²) in [6.45, 7) is 6.84. The fourth-order valence-electron chi connectivity index (χ4n) is 2.34. The van der Waals surface area contributed by atoms with Crippen molar-refractivity contribution in [2.45, 2.75) is 19.8 Å². The van der Waals surface area contributed by atoms with Crippen LogP contribution in [0.2, 0.25) is 0 Å². The first-order chi connectivity index (χ1) is 8.16. The van der Waals surface area contributed by atoms with Crippen LogP contribution in [0.1, 0.15) is 18.4 Å². The molecule has 0 N–H and O–H groups in total. The molecule has 4 heteroatoms. The Kier molecular flexibility index (Phi) is 4.40. The molecule has 0 aliphatic carbocycles. The third kappa shape index (κ3) is 3.42. The molecule has 0 atom stereocenters. The zero-order chi connectivity index (χ0) is 12.3. The van der Waals surface area contributed by atoms with E-state index >= 15 is 0 Å². The van der Waals surface area contributed by atoms with E-state index in [9.17, 15) is 0 Å². The second-order valence-electron chi connectivity index (χ2n) is 4.76. The number of likely N-dealkylation sites (N-methyl/N-ethyl adjacent to an activating group) is 1. The van der Waals surface area contributed by atoms with Gasteiger partial charge in [-0.15, -0.1) is 0 Å². The van der Waals surface area contributed by atoms with Gasteiger partial charge in [-0.25, -0.2) is 4.98 Å². The molecular formula is C13H20BrN3. The van der Waals surface area contributed by atoms with Crippen molar-refractivity contribution < 1.29 is 0 Å². The van der Waals surface area contributed by atoms with Gasteiger partial charge in [0.2, 0.25) is 0 Å². The topological polar surface area (TPSA) is 19.4 Å². The maximum atomic E-state index is 4.48. The summed E-state index contributed by atoms with van der Waals surface area (Å²) >= 11 is 3.45. The second-order valence-corrected chi connectivity index (χ2v) is 5.68. The molecule has 94 valence electrons. The van der Waals surface area contributed by atoms with Crippen LogP contribution in [0.15, 0.2) is 16.7 Å². The maximum absolute atomic E-state index is 4.48. The highest BCUT2D eigenvalue weighted by molar-refractivity contribution is 9.10. The van der Waals surface area contributed by atoms with Crippen molar-refractivity contribution in [1.29, 1.82) is 0 Å². The average molecular weight is 298 g/mol. The van der Waals surface area contributed by atoms with Crippen molar-refractivity contribution in [1.82, 2.24) is 9.88 Å². The number of pyridine rings is 1. The Morgan fingerprint density at radius 2 is 2.12 bits per heavy atom. The number of likely N-dealkylation sites (tertiary alicyclic amines) is 1. The molecule has 1 fully saturated rings. The van der Waals surface area contributed by atoms with Gasteiger partial charge in [-0.2, -0.15) is 0 Å². The van der Waals surface area contributed by atoms with E-state index in [0.29, 0.717) is 0 Å². The van der Waals surface area contributed by atoms with Crippen molar-refractivity contribution in [2.24, 2.45) is 0 Å². The van der Waals surface area contributed by atoms with E-state index in [1.807, 2.05) is 6.20 Å². The maximum Gasteiger partial charge on any atom is 0.131 e. The molecule has 0 radical (unpaired) electrons. The predicted molar refractivity (Wildman–Crippen MR) is 75.6 cm³/mol. The minimum atomic E-state index is 1.05. The summed E-state index contributed by atoms with van der Waals surface area (Å²) in [6.07, 6.45) is 4.59. The van der Waals surface area contributed by atoms with Gasteiger partial charge in [-0.3, -0.25) is 0 Å². The lowest BCUT2D eigenvalue weighted by Gasteiger charge is -2.23. The van der Waals surface area contributed by atoms with Gasteiger partial charge in [0.15, 0.2) is 0 Å². The normalized spacial score (nSPS) is 16.4. The Balaban J connectivity index is 1.91. The van der Waals surface area contributed by atoms with Crippen LogP contribution >= 0.6 is 15.9 Å². The molecule has 17 heavy (non-hydrogen) atoms. The first-order valence-electron chi connectivity index (χ1n) is 6.22. The largest absolute Gasteiger partial charge is 0.358 e. The van der Waals surface area contributed by atoms with Crippen molar-refractivity contribution in [3.63, 3.8) is 0 Å².